The number of carbonyl (C=O) groups is 1. The summed E-state index contributed by atoms with van der Waals surface area (Å²) in [6, 6.07) is 7.57. The van der Waals surface area contributed by atoms with Gasteiger partial charge in [0.15, 0.2) is 0 Å². The molecule has 2 N–H and O–H groups in total. The van der Waals surface area contributed by atoms with Crippen LogP contribution in [0.1, 0.15) is 22.3 Å². The number of rotatable bonds is 5. The number of oxime groups is 1. The average Bonchev–Trinajstić information content (AvgIpc) is 2.81. The summed E-state index contributed by atoms with van der Waals surface area (Å²) in [6.45, 7) is 0. The summed E-state index contributed by atoms with van der Waals surface area (Å²) >= 11 is 0. The standard InChI is InChI=1S/C25H18F6N2O2/c26-24(27,28)18-12-8-16(9-13-18)20(17-10-14-19(15-11-17)25(29,30)31)4-3-7-23(34)32-21-5-1-2-6-22(21)33-35/h1-15,21,35H,(H,32,34)/b7-3+,33-22?. The molecule has 0 saturated heterocycles. The topological polar surface area (TPSA) is 61.7 Å². The summed E-state index contributed by atoms with van der Waals surface area (Å²) in [5, 5.41) is 14.7. The van der Waals surface area contributed by atoms with E-state index in [1.165, 1.54) is 42.5 Å². The van der Waals surface area contributed by atoms with E-state index in [9.17, 15) is 31.1 Å². The molecule has 1 aliphatic carbocycles. The van der Waals surface area contributed by atoms with Gasteiger partial charge in [0, 0.05) is 6.08 Å². The second kappa shape index (κ2) is 10.5. The fourth-order valence-corrected chi connectivity index (χ4v) is 3.22. The van der Waals surface area contributed by atoms with Crippen molar-refractivity contribution in [3.8, 4) is 0 Å². The van der Waals surface area contributed by atoms with E-state index in [0.717, 1.165) is 30.3 Å². The second-order valence-corrected chi connectivity index (χ2v) is 7.34. The van der Waals surface area contributed by atoms with Crippen LogP contribution in [-0.2, 0) is 17.1 Å². The monoisotopic (exact) mass is 492 g/mol. The molecule has 1 unspecified atom stereocenters. The molecule has 182 valence electrons. The molecule has 0 fully saturated rings. The first-order chi connectivity index (χ1) is 16.5. The van der Waals surface area contributed by atoms with E-state index in [1.54, 1.807) is 18.2 Å². The van der Waals surface area contributed by atoms with Gasteiger partial charge in [-0.25, -0.2) is 0 Å². The summed E-state index contributed by atoms with van der Waals surface area (Å²) < 4.78 is 77.6. The lowest BCUT2D eigenvalue weighted by molar-refractivity contribution is -0.138. The van der Waals surface area contributed by atoms with E-state index in [2.05, 4.69) is 10.5 Å². The van der Waals surface area contributed by atoms with E-state index in [4.69, 9.17) is 5.21 Å². The lowest BCUT2D eigenvalue weighted by Gasteiger charge is -2.15. The number of allylic oxidation sites excluding steroid dienone is 4. The summed E-state index contributed by atoms with van der Waals surface area (Å²) in [5.41, 5.74) is -0.636. The Hall–Kier alpha value is -4.08. The van der Waals surface area contributed by atoms with Crippen LogP contribution in [0.4, 0.5) is 26.3 Å². The SMILES string of the molecule is O=C(/C=C/C=C(c1ccc(C(F)(F)F)cc1)c1ccc(C(F)(F)F)cc1)NC1C=CC=CC1=NO. The zero-order chi connectivity index (χ0) is 25.6. The minimum atomic E-state index is -4.55. The molecule has 3 rings (SSSR count). The lowest BCUT2D eigenvalue weighted by Crippen LogP contribution is -2.38. The molecule has 0 aliphatic heterocycles. The van der Waals surface area contributed by atoms with Crippen molar-refractivity contribution < 1.29 is 36.3 Å². The first kappa shape index (κ1) is 25.5. The maximum Gasteiger partial charge on any atom is 0.416 e. The van der Waals surface area contributed by atoms with Crippen LogP contribution in [-0.4, -0.2) is 22.9 Å². The van der Waals surface area contributed by atoms with Crippen molar-refractivity contribution in [2.75, 3.05) is 0 Å². The number of hydrogen-bond acceptors (Lipinski definition) is 3. The lowest BCUT2D eigenvalue weighted by atomic mass is 9.95. The number of carbonyl (C=O) groups excluding carboxylic acids is 1. The predicted octanol–water partition coefficient (Wildman–Crippen LogP) is 6.15. The predicted molar refractivity (Wildman–Crippen MR) is 119 cm³/mol. The molecule has 2 aromatic carbocycles. The Kier molecular flexibility index (Phi) is 7.63. The van der Waals surface area contributed by atoms with Crippen LogP contribution in [0.3, 0.4) is 0 Å². The molecule has 0 radical (unpaired) electrons. The Labute approximate surface area is 196 Å². The Morgan fingerprint density at radius 3 is 1.83 bits per heavy atom. The smallest absolute Gasteiger partial charge is 0.411 e. The van der Waals surface area contributed by atoms with Gasteiger partial charge in [0.1, 0.15) is 5.71 Å². The molecule has 1 amide bonds. The van der Waals surface area contributed by atoms with Gasteiger partial charge in [-0.2, -0.15) is 26.3 Å². The van der Waals surface area contributed by atoms with Crippen molar-refractivity contribution in [3.63, 3.8) is 0 Å². The molecule has 1 atom stereocenters. The van der Waals surface area contributed by atoms with Gasteiger partial charge in [0.05, 0.1) is 17.2 Å². The number of halogens is 6. The zero-order valence-corrected chi connectivity index (χ0v) is 17.8. The molecule has 35 heavy (non-hydrogen) atoms. The molecular formula is C25H18F6N2O2. The molecular weight excluding hydrogens is 474 g/mol. The summed E-state index contributed by atoms with van der Waals surface area (Å²) in [5.74, 6) is -0.563. The van der Waals surface area contributed by atoms with Gasteiger partial charge in [-0.1, -0.05) is 59.8 Å². The Morgan fingerprint density at radius 2 is 1.37 bits per heavy atom. The first-order valence-electron chi connectivity index (χ1n) is 10.1. The molecule has 10 heteroatoms. The van der Waals surface area contributed by atoms with E-state index in [1.807, 2.05) is 0 Å². The molecule has 2 aromatic rings. The van der Waals surface area contributed by atoms with Crippen LogP contribution in [0.25, 0.3) is 5.57 Å². The normalized spacial score (nSPS) is 17.1. The van der Waals surface area contributed by atoms with E-state index < -0.39 is 35.4 Å². The van der Waals surface area contributed by atoms with Gasteiger partial charge in [0.25, 0.3) is 0 Å². The molecule has 0 bridgehead atoms. The van der Waals surface area contributed by atoms with E-state index in [0.29, 0.717) is 16.7 Å². The van der Waals surface area contributed by atoms with Gasteiger partial charge in [-0.15, -0.1) is 0 Å². The van der Waals surface area contributed by atoms with Crippen LogP contribution in [0.2, 0.25) is 0 Å². The quantitative estimate of drug-likeness (QED) is 0.173. The zero-order valence-electron chi connectivity index (χ0n) is 17.8. The van der Waals surface area contributed by atoms with Crippen molar-refractivity contribution in [1.29, 1.82) is 0 Å². The molecule has 0 heterocycles. The highest BCUT2D eigenvalue weighted by atomic mass is 19.4. The van der Waals surface area contributed by atoms with Gasteiger partial charge in [-0.05, 0) is 47.0 Å². The fourth-order valence-electron chi connectivity index (χ4n) is 3.22. The highest BCUT2D eigenvalue weighted by Crippen LogP contribution is 2.33. The summed E-state index contributed by atoms with van der Waals surface area (Å²) in [7, 11) is 0. The fraction of sp³-hybridized carbons (Fsp3) is 0.120. The van der Waals surface area contributed by atoms with Crippen LogP contribution >= 0.6 is 0 Å². The van der Waals surface area contributed by atoms with Crippen molar-refractivity contribution >= 4 is 17.2 Å². The third-order valence-electron chi connectivity index (χ3n) is 4.97. The Balaban J connectivity index is 1.89. The molecule has 0 aromatic heterocycles. The third-order valence-corrected chi connectivity index (χ3v) is 4.97. The van der Waals surface area contributed by atoms with E-state index >= 15 is 0 Å². The number of nitrogens with one attached hydrogen (secondary N) is 1. The van der Waals surface area contributed by atoms with Crippen LogP contribution in [0.5, 0.6) is 0 Å². The first-order valence-corrected chi connectivity index (χ1v) is 10.1. The molecule has 0 saturated carbocycles. The number of nitrogens with zero attached hydrogens (tertiary/aromatic N) is 1. The van der Waals surface area contributed by atoms with Crippen molar-refractivity contribution in [1.82, 2.24) is 5.32 Å². The average molecular weight is 492 g/mol. The largest absolute Gasteiger partial charge is 0.416 e. The second-order valence-electron chi connectivity index (χ2n) is 7.34. The van der Waals surface area contributed by atoms with Crippen LogP contribution in [0.15, 0.2) is 96.2 Å². The maximum atomic E-state index is 12.9. The summed E-state index contributed by atoms with van der Waals surface area (Å²) in [4.78, 5) is 12.3. The number of benzene rings is 2. The van der Waals surface area contributed by atoms with Gasteiger partial charge < -0.3 is 10.5 Å². The Bertz CT molecular complexity index is 1140. The highest BCUT2D eigenvalue weighted by Gasteiger charge is 2.31. The van der Waals surface area contributed by atoms with Gasteiger partial charge >= 0.3 is 12.4 Å². The van der Waals surface area contributed by atoms with Gasteiger partial charge in [0.2, 0.25) is 5.91 Å². The van der Waals surface area contributed by atoms with Crippen molar-refractivity contribution in [3.05, 3.63) is 113 Å². The maximum absolute atomic E-state index is 12.9. The van der Waals surface area contributed by atoms with E-state index in [-0.39, 0.29) is 5.71 Å². The van der Waals surface area contributed by atoms with Crippen LogP contribution < -0.4 is 5.32 Å². The number of alkyl halides is 6. The molecule has 0 spiro atoms. The van der Waals surface area contributed by atoms with Crippen molar-refractivity contribution in [2.24, 2.45) is 5.16 Å². The highest BCUT2D eigenvalue weighted by molar-refractivity contribution is 6.04. The van der Waals surface area contributed by atoms with Crippen molar-refractivity contribution in [2.45, 2.75) is 18.4 Å². The number of hydrogen-bond donors (Lipinski definition) is 2. The minimum Gasteiger partial charge on any atom is -0.411 e. The van der Waals surface area contributed by atoms with Gasteiger partial charge in [-0.3, -0.25) is 4.79 Å². The van der Waals surface area contributed by atoms with Crippen LogP contribution in [0, 0.1) is 0 Å². The molecule has 1 aliphatic rings. The Morgan fingerprint density at radius 1 is 0.857 bits per heavy atom. The summed E-state index contributed by atoms with van der Waals surface area (Å²) in [6.07, 6.45) is 1.12. The molecule has 4 nitrogen and oxygen atoms in total. The number of amides is 1. The minimum absolute atomic E-state index is 0.208. The third kappa shape index (κ3) is 6.72.